The highest BCUT2D eigenvalue weighted by Crippen LogP contribution is 2.25. The van der Waals surface area contributed by atoms with E-state index in [1.807, 2.05) is 74.7 Å². The van der Waals surface area contributed by atoms with E-state index in [2.05, 4.69) is 17.4 Å². The Morgan fingerprint density at radius 3 is 2.32 bits per heavy atom. The molecule has 3 heteroatoms. The van der Waals surface area contributed by atoms with E-state index in [1.165, 1.54) is 0 Å². The molecular formula is C19H21NOS. The van der Waals surface area contributed by atoms with Crippen LogP contribution in [-0.2, 0) is 0 Å². The molecule has 0 fully saturated rings. The van der Waals surface area contributed by atoms with Gasteiger partial charge in [-0.05, 0) is 50.0 Å². The van der Waals surface area contributed by atoms with Gasteiger partial charge in [-0.15, -0.1) is 0 Å². The van der Waals surface area contributed by atoms with Crippen LogP contribution >= 0.6 is 11.8 Å². The molecule has 0 saturated heterocycles. The lowest BCUT2D eigenvalue weighted by Gasteiger charge is -2.21. The Hall–Kier alpha value is -2.00. The number of amides is 1. The van der Waals surface area contributed by atoms with Crippen molar-refractivity contribution >= 4 is 23.7 Å². The fourth-order valence-corrected chi connectivity index (χ4v) is 2.73. The van der Waals surface area contributed by atoms with Gasteiger partial charge in [-0.25, -0.2) is 0 Å². The van der Waals surface area contributed by atoms with Crippen LogP contribution in [0, 0.1) is 0 Å². The van der Waals surface area contributed by atoms with Crippen molar-refractivity contribution in [2.45, 2.75) is 31.2 Å². The van der Waals surface area contributed by atoms with Crippen molar-refractivity contribution in [3.8, 4) is 0 Å². The number of hydrogen-bond donors (Lipinski definition) is 1. The summed E-state index contributed by atoms with van der Waals surface area (Å²) < 4.78 is 0. The van der Waals surface area contributed by atoms with Crippen molar-refractivity contribution < 1.29 is 4.79 Å². The molecule has 0 aliphatic heterocycles. The van der Waals surface area contributed by atoms with Crippen LogP contribution in [0.25, 0.3) is 6.08 Å². The Morgan fingerprint density at radius 2 is 1.64 bits per heavy atom. The van der Waals surface area contributed by atoms with Crippen LogP contribution in [-0.4, -0.2) is 11.4 Å². The first-order valence-corrected chi connectivity index (χ1v) is 8.13. The molecule has 22 heavy (non-hydrogen) atoms. The highest BCUT2D eigenvalue weighted by atomic mass is 32.2. The highest BCUT2D eigenvalue weighted by molar-refractivity contribution is 8.02. The van der Waals surface area contributed by atoms with E-state index < -0.39 is 0 Å². The molecule has 0 bridgehead atoms. The van der Waals surface area contributed by atoms with Crippen LogP contribution in [0.15, 0.2) is 64.9 Å². The van der Waals surface area contributed by atoms with Gasteiger partial charge in [0.05, 0.1) is 5.56 Å². The summed E-state index contributed by atoms with van der Waals surface area (Å²) in [5, 5.41) is 5.02. The van der Waals surface area contributed by atoms with Gasteiger partial charge in [-0.3, -0.25) is 4.79 Å². The Bertz CT molecular complexity index is 657. The minimum absolute atomic E-state index is 0.0382. The lowest BCUT2D eigenvalue weighted by Crippen LogP contribution is -2.40. The summed E-state index contributed by atoms with van der Waals surface area (Å²) in [4.78, 5) is 13.3. The molecular weight excluding hydrogens is 290 g/mol. The van der Waals surface area contributed by atoms with Gasteiger partial charge in [0.2, 0.25) is 0 Å². The van der Waals surface area contributed by atoms with Gasteiger partial charge in [0.25, 0.3) is 5.91 Å². The van der Waals surface area contributed by atoms with Crippen molar-refractivity contribution in [2.24, 2.45) is 0 Å². The number of rotatable bonds is 4. The van der Waals surface area contributed by atoms with Crippen LogP contribution in [0.5, 0.6) is 0 Å². The topological polar surface area (TPSA) is 29.1 Å². The number of carbonyl (C=O) groups is 1. The summed E-state index contributed by atoms with van der Waals surface area (Å²) in [5.74, 6) is -0.0382. The summed E-state index contributed by atoms with van der Waals surface area (Å²) in [5.41, 5.74) is 1.61. The van der Waals surface area contributed by atoms with Crippen molar-refractivity contribution in [1.82, 2.24) is 5.32 Å². The summed E-state index contributed by atoms with van der Waals surface area (Å²) >= 11 is 1.55. The first-order valence-electron chi connectivity index (χ1n) is 7.25. The molecule has 0 spiro atoms. The minimum Gasteiger partial charge on any atom is -0.347 e. The Labute approximate surface area is 136 Å². The third-order valence-corrected chi connectivity index (χ3v) is 3.76. The van der Waals surface area contributed by atoms with E-state index in [9.17, 15) is 4.79 Å². The smallest absolute Gasteiger partial charge is 0.252 e. The Balaban J connectivity index is 2.12. The molecule has 0 aromatic heterocycles. The number of nitrogens with one attached hydrogen (secondary N) is 1. The highest BCUT2D eigenvalue weighted by Gasteiger charge is 2.17. The van der Waals surface area contributed by atoms with Crippen LogP contribution < -0.4 is 5.32 Å². The zero-order valence-electron chi connectivity index (χ0n) is 13.2. The van der Waals surface area contributed by atoms with Crippen molar-refractivity contribution in [1.29, 1.82) is 0 Å². The third-order valence-electron chi connectivity index (χ3n) is 2.88. The molecule has 114 valence electrons. The third kappa shape index (κ3) is 5.08. The molecule has 2 aromatic carbocycles. The van der Waals surface area contributed by atoms with Gasteiger partial charge in [0.1, 0.15) is 0 Å². The average molecular weight is 311 g/mol. The quantitative estimate of drug-likeness (QED) is 0.807. The fourth-order valence-electron chi connectivity index (χ4n) is 1.91. The molecule has 0 unspecified atom stereocenters. The van der Waals surface area contributed by atoms with E-state index in [4.69, 9.17) is 0 Å². The van der Waals surface area contributed by atoms with Gasteiger partial charge in [0.15, 0.2) is 0 Å². The largest absolute Gasteiger partial charge is 0.347 e. The molecule has 1 N–H and O–H groups in total. The molecule has 0 aliphatic rings. The molecule has 0 aliphatic carbocycles. The van der Waals surface area contributed by atoms with Crippen molar-refractivity contribution in [2.75, 3.05) is 0 Å². The molecule has 1 amide bonds. The monoisotopic (exact) mass is 311 g/mol. The van der Waals surface area contributed by atoms with E-state index in [0.29, 0.717) is 5.56 Å². The Kier molecular flexibility index (Phi) is 5.45. The van der Waals surface area contributed by atoms with E-state index in [-0.39, 0.29) is 11.4 Å². The summed E-state index contributed by atoms with van der Waals surface area (Å²) in [6, 6.07) is 17.8. The number of thioether (sulfide) groups is 1. The predicted octanol–water partition coefficient (Wildman–Crippen LogP) is 4.98. The molecule has 0 saturated carbocycles. The number of carbonyl (C=O) groups excluding carboxylic acids is 1. The SMILES string of the molecule is CC(C)(C)NC(=O)c1ccccc1S/C=C/c1ccccc1. The average Bonchev–Trinajstić information content (AvgIpc) is 2.47. The second kappa shape index (κ2) is 7.32. The maximum absolute atomic E-state index is 12.4. The zero-order valence-corrected chi connectivity index (χ0v) is 14.0. The molecule has 2 rings (SSSR count). The molecule has 0 heterocycles. The predicted molar refractivity (Wildman–Crippen MR) is 95.0 cm³/mol. The lowest BCUT2D eigenvalue weighted by molar-refractivity contribution is 0.0916. The van der Waals surface area contributed by atoms with Crippen LogP contribution in [0.3, 0.4) is 0 Å². The second-order valence-electron chi connectivity index (χ2n) is 6.03. The normalized spacial score (nSPS) is 11.6. The molecule has 0 atom stereocenters. The fraction of sp³-hybridized carbons (Fsp3) is 0.211. The van der Waals surface area contributed by atoms with Gasteiger partial charge < -0.3 is 5.32 Å². The van der Waals surface area contributed by atoms with Crippen molar-refractivity contribution in [3.63, 3.8) is 0 Å². The summed E-state index contributed by atoms with van der Waals surface area (Å²) in [7, 11) is 0. The maximum Gasteiger partial charge on any atom is 0.252 e. The standard InChI is InChI=1S/C19H21NOS/c1-19(2,3)20-18(21)16-11-7-8-12-17(16)22-14-13-15-9-5-4-6-10-15/h4-14H,1-3H3,(H,20,21)/b14-13+. The van der Waals surface area contributed by atoms with Gasteiger partial charge in [-0.1, -0.05) is 54.2 Å². The van der Waals surface area contributed by atoms with Gasteiger partial charge in [-0.2, -0.15) is 0 Å². The van der Waals surface area contributed by atoms with Crippen LogP contribution in [0.2, 0.25) is 0 Å². The van der Waals surface area contributed by atoms with Gasteiger partial charge >= 0.3 is 0 Å². The molecule has 2 aromatic rings. The van der Waals surface area contributed by atoms with Gasteiger partial charge in [0, 0.05) is 10.4 Å². The minimum atomic E-state index is -0.241. The van der Waals surface area contributed by atoms with Crippen LogP contribution in [0.4, 0.5) is 0 Å². The zero-order chi connectivity index (χ0) is 16.0. The Morgan fingerprint density at radius 1 is 1.00 bits per heavy atom. The molecule has 2 nitrogen and oxygen atoms in total. The first-order chi connectivity index (χ1) is 10.5. The first kappa shape index (κ1) is 16.4. The second-order valence-corrected chi connectivity index (χ2v) is 6.98. The molecule has 0 radical (unpaired) electrons. The van der Waals surface area contributed by atoms with E-state index >= 15 is 0 Å². The lowest BCUT2D eigenvalue weighted by atomic mass is 10.1. The summed E-state index contributed by atoms with van der Waals surface area (Å²) in [6.45, 7) is 5.95. The van der Waals surface area contributed by atoms with Crippen molar-refractivity contribution in [3.05, 3.63) is 71.1 Å². The maximum atomic E-state index is 12.4. The van der Waals surface area contributed by atoms with E-state index in [1.54, 1.807) is 11.8 Å². The summed E-state index contributed by atoms with van der Waals surface area (Å²) in [6.07, 6.45) is 2.04. The number of hydrogen-bond acceptors (Lipinski definition) is 2. The number of benzene rings is 2. The van der Waals surface area contributed by atoms with E-state index in [0.717, 1.165) is 10.5 Å². The van der Waals surface area contributed by atoms with Crippen LogP contribution in [0.1, 0.15) is 36.7 Å².